The van der Waals surface area contributed by atoms with Gasteiger partial charge in [0.2, 0.25) is 6.21 Å². The van der Waals surface area contributed by atoms with E-state index in [1.165, 1.54) is 0 Å². The molecule has 132 valence electrons. The summed E-state index contributed by atoms with van der Waals surface area (Å²) in [5.74, 6) is 0.772. The molecule has 1 atom stereocenters. The Labute approximate surface area is 146 Å². The van der Waals surface area contributed by atoms with Crippen LogP contribution in [0.1, 0.15) is 11.6 Å². The fraction of sp³-hybridized carbons (Fsp3) is 0.389. The fourth-order valence-corrected chi connectivity index (χ4v) is 2.84. The molecular formula is C18H28N2O3Si. The Hall–Kier alpha value is -2.05. The van der Waals surface area contributed by atoms with Gasteiger partial charge in [-0.25, -0.2) is 0 Å². The number of ether oxygens (including phenoxy) is 1. The first-order valence-electron chi connectivity index (χ1n) is 7.91. The lowest BCUT2D eigenvalue weighted by atomic mass is 10.1. The Morgan fingerprint density at radius 3 is 2.12 bits per heavy atom. The van der Waals surface area contributed by atoms with Crippen LogP contribution in [-0.4, -0.2) is 44.5 Å². The molecule has 0 saturated heterocycles. The van der Waals surface area contributed by atoms with Gasteiger partial charge >= 0.3 is 0 Å². The van der Waals surface area contributed by atoms with Gasteiger partial charge in [-0.2, -0.15) is 0 Å². The maximum absolute atomic E-state index is 12.2. The maximum atomic E-state index is 12.2. The van der Waals surface area contributed by atoms with Crippen LogP contribution in [0.2, 0.25) is 19.6 Å². The SMILES string of the molecule is C=CCN(CC=C)C(/C=[N+](\[O-])O[Si](C)(C)C)c1ccc(OC)cc1. The van der Waals surface area contributed by atoms with Crippen molar-refractivity contribution in [2.45, 2.75) is 25.7 Å². The van der Waals surface area contributed by atoms with E-state index in [1.807, 2.05) is 56.1 Å². The summed E-state index contributed by atoms with van der Waals surface area (Å²) in [6, 6.07) is 7.40. The number of hydrogen-bond acceptors (Lipinski definition) is 4. The lowest BCUT2D eigenvalue weighted by Crippen LogP contribution is -2.35. The lowest BCUT2D eigenvalue weighted by molar-refractivity contribution is -0.701. The standard InChI is InChI=1S/C18H28N2O3Si/c1-7-13-19(14-8-2)18(15-20(21)23-24(4,5)6)16-9-11-17(22-3)12-10-16/h7-12,15,18H,1-2,13-14H2,3-6H3/b20-15+. The summed E-state index contributed by atoms with van der Waals surface area (Å²) >= 11 is 0. The van der Waals surface area contributed by atoms with Crippen LogP contribution in [0.15, 0.2) is 49.6 Å². The highest BCUT2D eigenvalue weighted by Gasteiger charge is 2.23. The van der Waals surface area contributed by atoms with E-state index in [0.717, 1.165) is 11.3 Å². The minimum Gasteiger partial charge on any atom is -0.497 e. The molecule has 0 N–H and O–H groups in total. The molecule has 0 bridgehead atoms. The second-order valence-corrected chi connectivity index (χ2v) is 10.8. The average Bonchev–Trinajstić information content (AvgIpc) is 2.51. The quantitative estimate of drug-likeness (QED) is 0.212. The van der Waals surface area contributed by atoms with E-state index in [1.54, 1.807) is 13.3 Å². The molecule has 0 aliphatic carbocycles. The van der Waals surface area contributed by atoms with Crippen molar-refractivity contribution in [2.24, 2.45) is 0 Å². The van der Waals surface area contributed by atoms with Crippen LogP contribution in [0, 0.1) is 5.21 Å². The minimum atomic E-state index is -1.97. The van der Waals surface area contributed by atoms with Crippen LogP contribution in [0.4, 0.5) is 0 Å². The fourth-order valence-electron chi connectivity index (χ4n) is 2.24. The smallest absolute Gasteiger partial charge is 0.230 e. The van der Waals surface area contributed by atoms with Crippen molar-refractivity contribution in [3.63, 3.8) is 0 Å². The monoisotopic (exact) mass is 348 g/mol. The van der Waals surface area contributed by atoms with E-state index in [9.17, 15) is 5.21 Å². The number of hydrogen-bond donors (Lipinski definition) is 0. The molecule has 0 aliphatic rings. The Morgan fingerprint density at radius 2 is 1.71 bits per heavy atom. The Morgan fingerprint density at radius 1 is 1.17 bits per heavy atom. The van der Waals surface area contributed by atoms with Crippen LogP contribution < -0.4 is 4.74 Å². The van der Waals surface area contributed by atoms with Crippen molar-refractivity contribution in [2.75, 3.05) is 20.2 Å². The molecule has 24 heavy (non-hydrogen) atoms. The van der Waals surface area contributed by atoms with E-state index in [4.69, 9.17) is 9.26 Å². The predicted octanol–water partition coefficient (Wildman–Crippen LogP) is 3.76. The van der Waals surface area contributed by atoms with Crippen LogP contribution >= 0.6 is 0 Å². The Balaban J connectivity index is 3.19. The Kier molecular flexibility index (Phi) is 7.74. The van der Waals surface area contributed by atoms with Gasteiger partial charge in [0.25, 0.3) is 0 Å². The van der Waals surface area contributed by atoms with E-state index >= 15 is 0 Å². The third kappa shape index (κ3) is 6.60. The third-order valence-corrected chi connectivity index (χ3v) is 3.93. The molecule has 0 fully saturated rings. The van der Waals surface area contributed by atoms with Gasteiger partial charge in [0.15, 0.2) is 8.32 Å². The first kappa shape index (κ1) is 20.0. The van der Waals surface area contributed by atoms with Gasteiger partial charge in [0.1, 0.15) is 11.8 Å². The second-order valence-electron chi connectivity index (χ2n) is 6.39. The predicted molar refractivity (Wildman–Crippen MR) is 102 cm³/mol. The molecule has 1 unspecified atom stereocenters. The second kappa shape index (κ2) is 9.29. The molecule has 6 heteroatoms. The molecule has 1 aromatic rings. The van der Waals surface area contributed by atoms with E-state index < -0.39 is 8.32 Å². The van der Waals surface area contributed by atoms with Crippen LogP contribution in [-0.2, 0) is 4.53 Å². The first-order valence-corrected chi connectivity index (χ1v) is 11.3. The number of benzene rings is 1. The number of rotatable bonds is 10. The summed E-state index contributed by atoms with van der Waals surface area (Å²) in [5.41, 5.74) is 0.972. The molecule has 0 radical (unpaired) electrons. The summed E-state index contributed by atoms with van der Waals surface area (Å²) in [4.78, 5) is 2.68. The van der Waals surface area contributed by atoms with Crippen molar-refractivity contribution in [1.82, 2.24) is 4.90 Å². The number of nitrogens with zero attached hydrogens (tertiary/aromatic N) is 2. The van der Waals surface area contributed by atoms with Gasteiger partial charge < -0.3 is 9.26 Å². The lowest BCUT2D eigenvalue weighted by Gasteiger charge is -2.27. The zero-order chi connectivity index (χ0) is 18.2. The molecular weight excluding hydrogens is 320 g/mol. The number of methoxy groups -OCH3 is 1. The van der Waals surface area contributed by atoms with E-state index in [2.05, 4.69) is 18.1 Å². The van der Waals surface area contributed by atoms with Crippen LogP contribution in [0.3, 0.4) is 0 Å². The summed E-state index contributed by atoms with van der Waals surface area (Å²) in [5, 5.41) is 12.2. The molecule has 0 spiro atoms. The van der Waals surface area contributed by atoms with Crippen LogP contribution in [0.5, 0.6) is 5.75 Å². The van der Waals surface area contributed by atoms with Crippen molar-refractivity contribution < 1.29 is 14.2 Å². The largest absolute Gasteiger partial charge is 0.497 e. The molecule has 1 aromatic carbocycles. The molecule has 0 saturated carbocycles. The summed E-state index contributed by atoms with van der Waals surface area (Å²) in [7, 11) is -0.345. The minimum absolute atomic E-state index is 0.249. The van der Waals surface area contributed by atoms with Crippen molar-refractivity contribution in [3.8, 4) is 5.75 Å². The van der Waals surface area contributed by atoms with Crippen LogP contribution in [0.25, 0.3) is 0 Å². The molecule has 1 rings (SSSR count). The molecule has 0 amide bonds. The van der Waals surface area contributed by atoms with Gasteiger partial charge in [-0.1, -0.05) is 43.9 Å². The highest BCUT2D eigenvalue weighted by Crippen LogP contribution is 2.22. The van der Waals surface area contributed by atoms with Crippen molar-refractivity contribution in [3.05, 3.63) is 60.3 Å². The maximum Gasteiger partial charge on any atom is 0.230 e. The zero-order valence-corrected chi connectivity index (χ0v) is 16.1. The van der Waals surface area contributed by atoms with Gasteiger partial charge in [0, 0.05) is 18.0 Å². The third-order valence-electron chi connectivity index (χ3n) is 3.20. The highest BCUT2D eigenvalue weighted by atomic mass is 28.4. The van der Waals surface area contributed by atoms with Crippen molar-refractivity contribution >= 4 is 14.5 Å². The first-order chi connectivity index (χ1) is 11.3. The average molecular weight is 349 g/mol. The zero-order valence-electron chi connectivity index (χ0n) is 15.1. The summed E-state index contributed by atoms with van der Waals surface area (Å²) < 4.78 is 10.7. The van der Waals surface area contributed by atoms with Crippen molar-refractivity contribution in [1.29, 1.82) is 0 Å². The van der Waals surface area contributed by atoms with E-state index in [0.29, 0.717) is 18.0 Å². The normalized spacial score (nSPS) is 13.5. The topological polar surface area (TPSA) is 47.8 Å². The molecule has 0 heterocycles. The van der Waals surface area contributed by atoms with Gasteiger partial charge in [-0.15, -0.1) is 13.2 Å². The van der Waals surface area contributed by atoms with E-state index in [-0.39, 0.29) is 6.04 Å². The highest BCUT2D eigenvalue weighted by molar-refractivity contribution is 6.69. The molecule has 0 aromatic heterocycles. The van der Waals surface area contributed by atoms with Gasteiger partial charge in [-0.05, 0) is 17.7 Å². The van der Waals surface area contributed by atoms with Gasteiger partial charge in [0.05, 0.1) is 7.11 Å². The molecule has 5 nitrogen and oxygen atoms in total. The Bertz CT molecular complexity index is 555. The van der Waals surface area contributed by atoms with Gasteiger partial charge in [-0.3, -0.25) is 10.1 Å². The summed E-state index contributed by atoms with van der Waals surface area (Å²) in [6.45, 7) is 14.8. The summed E-state index contributed by atoms with van der Waals surface area (Å²) in [6.07, 6.45) is 5.16. The molecule has 0 aliphatic heterocycles.